The average Bonchev–Trinajstić information content (AvgIpc) is 2.46. The molecule has 0 saturated heterocycles. The molecule has 0 spiro atoms. The summed E-state index contributed by atoms with van der Waals surface area (Å²) in [5.41, 5.74) is 2.02. The van der Waals surface area contributed by atoms with Gasteiger partial charge in [-0.3, -0.25) is 0 Å². The molecule has 1 rings (SSSR count). The minimum atomic E-state index is 0.775. The van der Waals surface area contributed by atoms with Crippen LogP contribution in [0.3, 0.4) is 0 Å². The minimum absolute atomic E-state index is 0.775. The van der Waals surface area contributed by atoms with Crippen LogP contribution in [-0.4, -0.2) is 16.5 Å². The standard InChI is InChI=1S/C8H11N3.C2H6/c1-5-11-8(9-4)6(2)7(3)10-11;1-2/h5H,1,4H2,2-3H3;1-2H3. The fourth-order valence-electron chi connectivity index (χ4n) is 0.936. The van der Waals surface area contributed by atoms with Gasteiger partial charge in [-0.15, -0.1) is 0 Å². The van der Waals surface area contributed by atoms with Crippen molar-refractivity contribution in [2.45, 2.75) is 27.7 Å². The van der Waals surface area contributed by atoms with Gasteiger partial charge in [0.05, 0.1) is 5.69 Å². The second kappa shape index (κ2) is 5.30. The van der Waals surface area contributed by atoms with Gasteiger partial charge < -0.3 is 0 Å². The molecule has 0 fully saturated rings. The topological polar surface area (TPSA) is 30.2 Å². The monoisotopic (exact) mass is 179 g/mol. The molecule has 13 heavy (non-hydrogen) atoms. The Bertz CT molecular complexity index is 297. The quantitative estimate of drug-likeness (QED) is 0.642. The van der Waals surface area contributed by atoms with Gasteiger partial charge in [0.15, 0.2) is 5.82 Å². The molecule has 1 aromatic rings. The fourth-order valence-corrected chi connectivity index (χ4v) is 0.936. The van der Waals surface area contributed by atoms with Crippen molar-refractivity contribution in [2.24, 2.45) is 4.99 Å². The van der Waals surface area contributed by atoms with Crippen molar-refractivity contribution in [1.29, 1.82) is 0 Å². The Morgan fingerprint density at radius 1 is 1.38 bits per heavy atom. The van der Waals surface area contributed by atoms with Gasteiger partial charge in [-0.05, 0) is 20.6 Å². The first kappa shape index (κ1) is 11.6. The normalized spacial score (nSPS) is 8.62. The Balaban J connectivity index is 0.000000671. The molecule has 1 aromatic heterocycles. The van der Waals surface area contributed by atoms with E-state index in [9.17, 15) is 0 Å². The lowest BCUT2D eigenvalue weighted by molar-refractivity contribution is 0.913. The van der Waals surface area contributed by atoms with Crippen LogP contribution in [0.25, 0.3) is 6.20 Å². The van der Waals surface area contributed by atoms with E-state index in [2.05, 4.69) is 23.4 Å². The van der Waals surface area contributed by atoms with Crippen LogP contribution < -0.4 is 0 Å². The van der Waals surface area contributed by atoms with Crippen LogP contribution >= 0.6 is 0 Å². The Labute approximate surface area is 79.8 Å². The Morgan fingerprint density at radius 3 is 2.23 bits per heavy atom. The minimum Gasteiger partial charge on any atom is -0.245 e. The number of aromatic nitrogens is 2. The number of aliphatic imine (C=N–C) groups is 1. The van der Waals surface area contributed by atoms with Crippen LogP contribution in [0.2, 0.25) is 0 Å². The van der Waals surface area contributed by atoms with Crippen LogP contribution in [0.4, 0.5) is 5.82 Å². The van der Waals surface area contributed by atoms with Gasteiger partial charge in [-0.25, -0.2) is 9.67 Å². The molecule has 0 aliphatic heterocycles. The summed E-state index contributed by atoms with van der Waals surface area (Å²) < 4.78 is 1.62. The fraction of sp³-hybridized carbons (Fsp3) is 0.400. The number of nitrogens with zero attached hydrogens (tertiary/aromatic N) is 3. The van der Waals surface area contributed by atoms with Crippen molar-refractivity contribution < 1.29 is 0 Å². The second-order valence-electron chi connectivity index (χ2n) is 2.32. The van der Waals surface area contributed by atoms with Crippen LogP contribution in [0.15, 0.2) is 11.6 Å². The zero-order valence-electron chi connectivity index (χ0n) is 8.83. The maximum atomic E-state index is 4.16. The molecule has 0 atom stereocenters. The lowest BCUT2D eigenvalue weighted by Gasteiger charge is -1.93. The van der Waals surface area contributed by atoms with Crippen molar-refractivity contribution in [2.75, 3.05) is 0 Å². The predicted octanol–water partition coefficient (Wildman–Crippen LogP) is 2.96. The molecule has 0 bridgehead atoms. The predicted molar refractivity (Wildman–Crippen MR) is 58.6 cm³/mol. The first-order valence-electron chi connectivity index (χ1n) is 4.35. The zero-order valence-corrected chi connectivity index (χ0v) is 8.83. The number of rotatable bonds is 2. The summed E-state index contributed by atoms with van der Waals surface area (Å²) in [6.45, 7) is 15.0. The van der Waals surface area contributed by atoms with Crippen molar-refractivity contribution in [3.8, 4) is 0 Å². The molecule has 0 amide bonds. The van der Waals surface area contributed by atoms with Crippen LogP contribution in [-0.2, 0) is 0 Å². The molecule has 0 aromatic carbocycles. The summed E-state index contributed by atoms with van der Waals surface area (Å²) in [6.07, 6.45) is 1.62. The third-order valence-corrected chi connectivity index (χ3v) is 1.68. The first-order valence-corrected chi connectivity index (χ1v) is 4.35. The SMILES string of the molecule is C=Cn1nc(C)c(C)c1N=C.CC. The van der Waals surface area contributed by atoms with E-state index < -0.39 is 0 Å². The second-order valence-corrected chi connectivity index (χ2v) is 2.32. The molecule has 0 saturated carbocycles. The highest BCUT2D eigenvalue weighted by atomic mass is 15.3. The Morgan fingerprint density at radius 2 is 1.92 bits per heavy atom. The van der Waals surface area contributed by atoms with Crippen molar-refractivity contribution >= 4 is 18.7 Å². The summed E-state index contributed by atoms with van der Waals surface area (Å²) in [5.74, 6) is 0.775. The van der Waals surface area contributed by atoms with Crippen molar-refractivity contribution in [1.82, 2.24) is 9.78 Å². The highest BCUT2D eigenvalue weighted by Crippen LogP contribution is 2.20. The third-order valence-electron chi connectivity index (χ3n) is 1.68. The molecular formula is C10H17N3. The molecule has 0 N–H and O–H groups in total. The smallest absolute Gasteiger partial charge is 0.157 e. The molecule has 3 heteroatoms. The summed E-state index contributed by atoms with van der Waals surface area (Å²) in [4.78, 5) is 3.84. The third kappa shape index (κ3) is 2.28. The number of hydrogen-bond donors (Lipinski definition) is 0. The van der Waals surface area contributed by atoms with Gasteiger partial charge >= 0.3 is 0 Å². The summed E-state index contributed by atoms with van der Waals surface area (Å²) in [6, 6.07) is 0. The van der Waals surface area contributed by atoms with Gasteiger partial charge in [0, 0.05) is 11.8 Å². The molecular weight excluding hydrogens is 162 g/mol. The van der Waals surface area contributed by atoms with E-state index in [1.54, 1.807) is 10.9 Å². The van der Waals surface area contributed by atoms with E-state index in [1.165, 1.54) is 0 Å². The van der Waals surface area contributed by atoms with E-state index in [0.717, 1.165) is 17.1 Å². The van der Waals surface area contributed by atoms with Crippen LogP contribution in [0.1, 0.15) is 25.1 Å². The van der Waals surface area contributed by atoms with E-state index in [4.69, 9.17) is 0 Å². The molecule has 0 aliphatic carbocycles. The molecule has 0 aliphatic rings. The van der Waals surface area contributed by atoms with Gasteiger partial charge in [0.2, 0.25) is 0 Å². The zero-order chi connectivity index (χ0) is 10.4. The van der Waals surface area contributed by atoms with Gasteiger partial charge in [-0.1, -0.05) is 20.4 Å². The van der Waals surface area contributed by atoms with E-state index >= 15 is 0 Å². The maximum Gasteiger partial charge on any atom is 0.157 e. The Kier molecular flexibility index (Phi) is 4.74. The lowest BCUT2D eigenvalue weighted by Crippen LogP contribution is -1.86. The van der Waals surface area contributed by atoms with Crippen molar-refractivity contribution in [3.05, 3.63) is 17.8 Å². The Hall–Kier alpha value is -1.38. The van der Waals surface area contributed by atoms with Gasteiger partial charge in [0.25, 0.3) is 0 Å². The van der Waals surface area contributed by atoms with Crippen molar-refractivity contribution in [3.63, 3.8) is 0 Å². The van der Waals surface area contributed by atoms with E-state index in [0.29, 0.717) is 0 Å². The number of hydrogen-bond acceptors (Lipinski definition) is 2. The largest absolute Gasteiger partial charge is 0.245 e. The van der Waals surface area contributed by atoms with Crippen LogP contribution in [0.5, 0.6) is 0 Å². The molecule has 0 radical (unpaired) electrons. The molecule has 1 heterocycles. The van der Waals surface area contributed by atoms with E-state index in [-0.39, 0.29) is 0 Å². The maximum absolute atomic E-state index is 4.16. The lowest BCUT2D eigenvalue weighted by atomic mass is 10.3. The average molecular weight is 179 g/mol. The number of aryl methyl sites for hydroxylation is 1. The highest BCUT2D eigenvalue weighted by molar-refractivity contribution is 5.51. The van der Waals surface area contributed by atoms with Gasteiger partial charge in [0.1, 0.15) is 0 Å². The summed E-state index contributed by atoms with van der Waals surface area (Å²) in [5, 5.41) is 4.16. The molecule has 0 unspecified atom stereocenters. The van der Waals surface area contributed by atoms with E-state index in [1.807, 2.05) is 27.7 Å². The van der Waals surface area contributed by atoms with Gasteiger partial charge in [-0.2, -0.15) is 5.10 Å². The molecule has 72 valence electrons. The molecule has 3 nitrogen and oxygen atoms in total. The first-order chi connectivity index (χ1) is 6.20. The summed E-state index contributed by atoms with van der Waals surface area (Å²) >= 11 is 0. The summed E-state index contributed by atoms with van der Waals surface area (Å²) in [7, 11) is 0. The van der Waals surface area contributed by atoms with Crippen LogP contribution in [0, 0.1) is 13.8 Å². The highest BCUT2D eigenvalue weighted by Gasteiger charge is 2.06.